The topological polar surface area (TPSA) is 29.5 Å². The summed E-state index contributed by atoms with van der Waals surface area (Å²) in [5.74, 6) is 0.348. The maximum absolute atomic E-state index is 11.8. The van der Waals surface area contributed by atoms with Gasteiger partial charge in [-0.05, 0) is 32.6 Å². The molecule has 2 aliphatic rings. The SMILES string of the molecule is CCOC(=O)C(C)C1CCC=C1N1CCCC1. The van der Waals surface area contributed by atoms with Crippen LogP contribution in [0.25, 0.3) is 0 Å². The molecular formula is C14H23NO2. The monoisotopic (exact) mass is 237 g/mol. The molecule has 2 atom stereocenters. The molecule has 3 heteroatoms. The third-order valence-electron chi connectivity index (χ3n) is 3.94. The van der Waals surface area contributed by atoms with Crippen LogP contribution in [0.2, 0.25) is 0 Å². The van der Waals surface area contributed by atoms with Crippen LogP contribution in [-0.4, -0.2) is 30.6 Å². The minimum absolute atomic E-state index is 0.00398. The number of carbonyl (C=O) groups is 1. The van der Waals surface area contributed by atoms with Crippen molar-refractivity contribution in [3.8, 4) is 0 Å². The van der Waals surface area contributed by atoms with E-state index in [-0.39, 0.29) is 11.9 Å². The van der Waals surface area contributed by atoms with E-state index in [1.807, 2.05) is 13.8 Å². The van der Waals surface area contributed by atoms with Gasteiger partial charge in [0.15, 0.2) is 0 Å². The van der Waals surface area contributed by atoms with Gasteiger partial charge in [-0.25, -0.2) is 0 Å². The van der Waals surface area contributed by atoms with Crippen molar-refractivity contribution in [2.45, 2.75) is 39.5 Å². The summed E-state index contributed by atoms with van der Waals surface area (Å²) in [7, 11) is 0. The van der Waals surface area contributed by atoms with Crippen molar-refractivity contribution < 1.29 is 9.53 Å². The summed E-state index contributed by atoms with van der Waals surface area (Å²) in [5.41, 5.74) is 1.41. The van der Waals surface area contributed by atoms with Crippen LogP contribution in [0.3, 0.4) is 0 Å². The molecule has 96 valence electrons. The first-order chi connectivity index (χ1) is 8.24. The lowest BCUT2D eigenvalue weighted by molar-refractivity contribution is -0.149. The molecule has 0 amide bonds. The molecule has 1 fully saturated rings. The van der Waals surface area contributed by atoms with Crippen LogP contribution in [0.1, 0.15) is 39.5 Å². The number of esters is 1. The molecule has 0 N–H and O–H groups in total. The second-order valence-corrected chi connectivity index (χ2v) is 5.05. The summed E-state index contributed by atoms with van der Waals surface area (Å²) < 4.78 is 5.14. The average Bonchev–Trinajstić information content (AvgIpc) is 2.98. The van der Waals surface area contributed by atoms with Crippen LogP contribution in [0.5, 0.6) is 0 Å². The van der Waals surface area contributed by atoms with E-state index in [0.29, 0.717) is 12.5 Å². The first-order valence-electron chi connectivity index (χ1n) is 6.85. The smallest absolute Gasteiger partial charge is 0.309 e. The Labute approximate surface area is 104 Å². The van der Waals surface area contributed by atoms with Crippen molar-refractivity contribution in [1.29, 1.82) is 0 Å². The largest absolute Gasteiger partial charge is 0.466 e. The molecule has 1 saturated heterocycles. The number of hydrogen-bond donors (Lipinski definition) is 0. The van der Waals surface area contributed by atoms with Gasteiger partial charge in [0.25, 0.3) is 0 Å². The number of allylic oxidation sites excluding steroid dienone is 2. The van der Waals surface area contributed by atoms with E-state index in [4.69, 9.17) is 4.74 Å². The van der Waals surface area contributed by atoms with Crippen LogP contribution in [0.4, 0.5) is 0 Å². The van der Waals surface area contributed by atoms with E-state index in [0.717, 1.165) is 25.9 Å². The summed E-state index contributed by atoms with van der Waals surface area (Å²) in [4.78, 5) is 14.3. The van der Waals surface area contributed by atoms with Gasteiger partial charge in [0.05, 0.1) is 12.5 Å². The highest BCUT2D eigenvalue weighted by molar-refractivity contribution is 5.73. The van der Waals surface area contributed by atoms with Crippen molar-refractivity contribution in [3.63, 3.8) is 0 Å². The van der Waals surface area contributed by atoms with Gasteiger partial charge < -0.3 is 9.64 Å². The van der Waals surface area contributed by atoms with Gasteiger partial charge in [-0.1, -0.05) is 13.0 Å². The minimum atomic E-state index is -0.0375. The van der Waals surface area contributed by atoms with Crippen LogP contribution in [0, 0.1) is 11.8 Å². The van der Waals surface area contributed by atoms with E-state index in [9.17, 15) is 4.79 Å². The standard InChI is InChI=1S/C14H23NO2/c1-3-17-14(16)11(2)12-7-6-8-13(12)15-9-4-5-10-15/h8,11-12H,3-7,9-10H2,1-2H3. The Kier molecular flexibility index (Phi) is 4.08. The lowest BCUT2D eigenvalue weighted by Crippen LogP contribution is -2.30. The lowest BCUT2D eigenvalue weighted by Gasteiger charge is -2.28. The quantitative estimate of drug-likeness (QED) is 0.704. The first-order valence-corrected chi connectivity index (χ1v) is 6.85. The second kappa shape index (κ2) is 5.56. The Morgan fingerprint density at radius 3 is 2.88 bits per heavy atom. The fourth-order valence-electron chi connectivity index (χ4n) is 2.99. The van der Waals surface area contributed by atoms with E-state index in [1.54, 1.807) is 0 Å². The number of hydrogen-bond acceptors (Lipinski definition) is 3. The third kappa shape index (κ3) is 2.64. The molecule has 0 radical (unpaired) electrons. The Hall–Kier alpha value is -0.990. The number of ether oxygens (including phenoxy) is 1. The van der Waals surface area contributed by atoms with Crippen molar-refractivity contribution in [1.82, 2.24) is 4.90 Å². The van der Waals surface area contributed by atoms with Crippen LogP contribution in [-0.2, 0) is 9.53 Å². The molecule has 1 aliphatic heterocycles. The van der Waals surface area contributed by atoms with Gasteiger partial charge in [0, 0.05) is 24.7 Å². The van der Waals surface area contributed by atoms with Crippen molar-refractivity contribution >= 4 is 5.97 Å². The summed E-state index contributed by atoms with van der Waals surface area (Å²) in [6, 6.07) is 0. The van der Waals surface area contributed by atoms with E-state index >= 15 is 0 Å². The van der Waals surface area contributed by atoms with Crippen molar-refractivity contribution in [3.05, 3.63) is 11.8 Å². The van der Waals surface area contributed by atoms with Gasteiger partial charge in [0.1, 0.15) is 0 Å². The molecule has 1 aliphatic carbocycles. The molecule has 0 saturated carbocycles. The zero-order valence-corrected chi connectivity index (χ0v) is 10.9. The zero-order chi connectivity index (χ0) is 12.3. The van der Waals surface area contributed by atoms with E-state index in [1.165, 1.54) is 18.5 Å². The van der Waals surface area contributed by atoms with Gasteiger partial charge in [-0.2, -0.15) is 0 Å². The van der Waals surface area contributed by atoms with Gasteiger partial charge in [-0.15, -0.1) is 0 Å². The zero-order valence-electron chi connectivity index (χ0n) is 10.9. The Morgan fingerprint density at radius 2 is 2.24 bits per heavy atom. The number of carbonyl (C=O) groups excluding carboxylic acids is 1. The minimum Gasteiger partial charge on any atom is -0.466 e. The molecule has 0 aromatic rings. The fraction of sp³-hybridized carbons (Fsp3) is 0.786. The Balaban J connectivity index is 2.00. The molecule has 0 aromatic carbocycles. The highest BCUT2D eigenvalue weighted by atomic mass is 16.5. The molecule has 17 heavy (non-hydrogen) atoms. The Morgan fingerprint density at radius 1 is 1.53 bits per heavy atom. The third-order valence-corrected chi connectivity index (χ3v) is 3.94. The number of rotatable bonds is 4. The van der Waals surface area contributed by atoms with Crippen LogP contribution in [0.15, 0.2) is 11.8 Å². The molecule has 3 nitrogen and oxygen atoms in total. The first kappa shape index (κ1) is 12.5. The molecular weight excluding hydrogens is 214 g/mol. The highest BCUT2D eigenvalue weighted by Crippen LogP contribution is 2.36. The molecule has 2 rings (SSSR count). The molecule has 0 spiro atoms. The Bertz CT molecular complexity index is 305. The summed E-state index contributed by atoms with van der Waals surface area (Å²) in [5, 5.41) is 0. The van der Waals surface area contributed by atoms with Crippen molar-refractivity contribution in [2.24, 2.45) is 11.8 Å². The summed E-state index contributed by atoms with van der Waals surface area (Å²) >= 11 is 0. The summed E-state index contributed by atoms with van der Waals surface area (Å²) in [6.07, 6.45) is 7.12. The van der Waals surface area contributed by atoms with Crippen LogP contribution < -0.4 is 0 Å². The van der Waals surface area contributed by atoms with Gasteiger partial charge in [0.2, 0.25) is 0 Å². The molecule has 1 heterocycles. The maximum atomic E-state index is 11.8. The van der Waals surface area contributed by atoms with Gasteiger partial charge >= 0.3 is 5.97 Å². The summed E-state index contributed by atoms with van der Waals surface area (Å²) in [6.45, 7) is 6.70. The fourth-order valence-corrected chi connectivity index (χ4v) is 2.99. The second-order valence-electron chi connectivity index (χ2n) is 5.05. The predicted octanol–water partition coefficient (Wildman–Crippen LogP) is 2.58. The van der Waals surface area contributed by atoms with Crippen LogP contribution >= 0.6 is 0 Å². The molecule has 0 aromatic heterocycles. The normalized spacial score (nSPS) is 25.9. The highest BCUT2D eigenvalue weighted by Gasteiger charge is 2.33. The van der Waals surface area contributed by atoms with Gasteiger partial charge in [-0.3, -0.25) is 4.79 Å². The number of nitrogens with zero attached hydrogens (tertiary/aromatic N) is 1. The van der Waals surface area contributed by atoms with E-state index in [2.05, 4.69) is 11.0 Å². The lowest BCUT2D eigenvalue weighted by atomic mass is 9.91. The molecule has 2 unspecified atom stereocenters. The van der Waals surface area contributed by atoms with Crippen molar-refractivity contribution in [2.75, 3.05) is 19.7 Å². The maximum Gasteiger partial charge on any atom is 0.309 e. The predicted molar refractivity (Wildman–Crippen MR) is 67.4 cm³/mol. The average molecular weight is 237 g/mol. The molecule has 0 bridgehead atoms. The number of likely N-dealkylation sites (tertiary alicyclic amines) is 1. The van der Waals surface area contributed by atoms with E-state index < -0.39 is 0 Å².